The highest BCUT2D eigenvalue weighted by atomic mass is 32.2. The second kappa shape index (κ2) is 10.0. The van der Waals surface area contributed by atoms with Gasteiger partial charge in [0.25, 0.3) is 5.91 Å². The molecule has 0 bridgehead atoms. The summed E-state index contributed by atoms with van der Waals surface area (Å²) in [6, 6.07) is 5.45. The fourth-order valence-corrected chi connectivity index (χ4v) is 4.41. The summed E-state index contributed by atoms with van der Waals surface area (Å²) >= 11 is 0. The Morgan fingerprint density at radius 3 is 2.32 bits per heavy atom. The minimum Gasteiger partial charge on any atom is -0.454 e. The number of sulfonamides is 1. The topological polar surface area (TPSA) is 102 Å². The molecule has 7 nitrogen and oxygen atoms in total. The van der Waals surface area contributed by atoms with Crippen LogP contribution in [0.4, 0.5) is 0 Å². The van der Waals surface area contributed by atoms with E-state index in [0.717, 1.165) is 31.2 Å². The molecule has 8 heteroatoms. The molecular weight excluding hydrogens is 380 g/mol. The second-order valence-corrected chi connectivity index (χ2v) is 9.49. The Hall–Kier alpha value is -1.93. The van der Waals surface area contributed by atoms with Crippen molar-refractivity contribution in [2.45, 2.75) is 69.9 Å². The third-order valence-electron chi connectivity index (χ3n) is 4.69. The number of ether oxygens (including phenoxy) is 1. The molecule has 0 radical (unpaired) electrons. The molecule has 1 aromatic rings. The monoisotopic (exact) mass is 410 g/mol. The fraction of sp³-hybridized carbons (Fsp3) is 0.600. The molecule has 1 aromatic carbocycles. The molecule has 1 atom stereocenters. The third-order valence-corrected chi connectivity index (χ3v) is 6.17. The standard InChI is InChI=1S/C20H30N2O5S/c1-14(2)12-18(22-28(25,26)17-10-8-15(3)9-11-17)20(24)27-13-19(23)21-16-6-4-5-7-16/h8-11,14,16,18,22H,4-7,12-13H2,1-3H3,(H,21,23)/t18-/m1/s1. The molecular formula is C20H30N2O5S. The molecule has 156 valence electrons. The van der Waals surface area contributed by atoms with Gasteiger partial charge in [0.05, 0.1) is 4.90 Å². The molecule has 0 heterocycles. The Morgan fingerprint density at radius 1 is 1.14 bits per heavy atom. The van der Waals surface area contributed by atoms with Gasteiger partial charge in [-0.2, -0.15) is 4.72 Å². The van der Waals surface area contributed by atoms with Crippen LogP contribution >= 0.6 is 0 Å². The molecule has 1 fully saturated rings. The third kappa shape index (κ3) is 6.91. The lowest BCUT2D eigenvalue weighted by Crippen LogP contribution is -2.44. The summed E-state index contributed by atoms with van der Waals surface area (Å²) in [6.07, 6.45) is 4.32. The molecule has 2 rings (SSSR count). The average molecular weight is 411 g/mol. The predicted octanol–water partition coefficient (Wildman–Crippen LogP) is 2.29. The zero-order valence-electron chi connectivity index (χ0n) is 16.7. The predicted molar refractivity (Wildman–Crippen MR) is 106 cm³/mol. The Morgan fingerprint density at radius 2 is 1.75 bits per heavy atom. The summed E-state index contributed by atoms with van der Waals surface area (Å²) < 4.78 is 32.7. The second-order valence-electron chi connectivity index (χ2n) is 7.77. The van der Waals surface area contributed by atoms with Crippen LogP contribution in [0.2, 0.25) is 0 Å². The Balaban J connectivity index is 1.98. The largest absolute Gasteiger partial charge is 0.454 e. The normalized spacial score (nSPS) is 16.1. The number of amides is 1. The van der Waals surface area contributed by atoms with Crippen LogP contribution in [0.5, 0.6) is 0 Å². The first kappa shape index (κ1) is 22.4. The SMILES string of the molecule is Cc1ccc(S(=O)(=O)N[C@H](CC(C)C)C(=O)OCC(=O)NC2CCCC2)cc1. The van der Waals surface area contributed by atoms with Crippen molar-refractivity contribution in [3.05, 3.63) is 29.8 Å². The first-order chi connectivity index (χ1) is 13.2. The van der Waals surface area contributed by atoms with Crippen LogP contribution in [0.15, 0.2) is 29.2 Å². The maximum atomic E-state index is 12.6. The Kier molecular flexibility index (Phi) is 8.00. The van der Waals surface area contributed by atoms with Crippen LogP contribution in [-0.4, -0.2) is 39.0 Å². The van der Waals surface area contributed by atoms with E-state index in [4.69, 9.17) is 4.74 Å². The van der Waals surface area contributed by atoms with Crippen LogP contribution in [0.3, 0.4) is 0 Å². The zero-order chi connectivity index (χ0) is 20.7. The quantitative estimate of drug-likeness (QED) is 0.608. The molecule has 0 aromatic heterocycles. The van der Waals surface area contributed by atoms with E-state index >= 15 is 0 Å². The lowest BCUT2D eigenvalue weighted by atomic mass is 10.1. The van der Waals surface area contributed by atoms with Gasteiger partial charge in [-0.15, -0.1) is 0 Å². The van der Waals surface area contributed by atoms with Gasteiger partial charge in [-0.05, 0) is 44.2 Å². The average Bonchev–Trinajstić information content (AvgIpc) is 3.11. The summed E-state index contributed by atoms with van der Waals surface area (Å²) in [4.78, 5) is 24.5. The highest BCUT2D eigenvalue weighted by Gasteiger charge is 2.28. The summed E-state index contributed by atoms with van der Waals surface area (Å²) in [7, 11) is -3.88. The lowest BCUT2D eigenvalue weighted by Gasteiger charge is -2.20. The fourth-order valence-electron chi connectivity index (χ4n) is 3.21. The number of carbonyl (C=O) groups is 2. The maximum absolute atomic E-state index is 12.6. The van der Waals surface area contributed by atoms with Gasteiger partial charge in [0.1, 0.15) is 6.04 Å². The van der Waals surface area contributed by atoms with Crippen molar-refractivity contribution in [2.75, 3.05) is 6.61 Å². The summed E-state index contributed by atoms with van der Waals surface area (Å²) in [5.74, 6) is -1.04. The van der Waals surface area contributed by atoms with E-state index in [1.165, 1.54) is 12.1 Å². The highest BCUT2D eigenvalue weighted by molar-refractivity contribution is 7.89. The minimum absolute atomic E-state index is 0.0607. The van der Waals surface area contributed by atoms with E-state index in [-0.39, 0.29) is 29.2 Å². The minimum atomic E-state index is -3.88. The van der Waals surface area contributed by atoms with E-state index in [1.54, 1.807) is 12.1 Å². The van der Waals surface area contributed by atoms with Gasteiger partial charge in [0.2, 0.25) is 10.0 Å². The van der Waals surface area contributed by atoms with Crippen LogP contribution in [0, 0.1) is 12.8 Å². The maximum Gasteiger partial charge on any atom is 0.324 e. The van der Waals surface area contributed by atoms with Crippen molar-refractivity contribution in [1.82, 2.24) is 10.0 Å². The number of nitrogens with one attached hydrogen (secondary N) is 2. The smallest absolute Gasteiger partial charge is 0.324 e. The molecule has 1 aliphatic rings. The van der Waals surface area contributed by atoms with Crippen molar-refractivity contribution in [3.63, 3.8) is 0 Å². The number of rotatable bonds is 9. The summed E-state index contributed by atoms with van der Waals surface area (Å²) in [5, 5.41) is 2.84. The molecule has 1 amide bonds. The Labute approximate surface area is 167 Å². The summed E-state index contributed by atoms with van der Waals surface area (Å²) in [6.45, 7) is 5.22. The van der Waals surface area contributed by atoms with Crippen LogP contribution in [0.25, 0.3) is 0 Å². The van der Waals surface area contributed by atoms with Gasteiger partial charge in [-0.3, -0.25) is 9.59 Å². The molecule has 0 saturated heterocycles. The van der Waals surface area contributed by atoms with Crippen LogP contribution in [-0.2, 0) is 24.3 Å². The zero-order valence-corrected chi connectivity index (χ0v) is 17.6. The number of benzene rings is 1. The number of hydrogen-bond donors (Lipinski definition) is 2. The first-order valence-electron chi connectivity index (χ1n) is 9.72. The number of aryl methyl sites for hydroxylation is 1. The van der Waals surface area contributed by atoms with Gasteiger partial charge < -0.3 is 10.1 Å². The van der Waals surface area contributed by atoms with E-state index in [1.807, 2.05) is 20.8 Å². The van der Waals surface area contributed by atoms with Gasteiger partial charge in [0, 0.05) is 6.04 Å². The van der Waals surface area contributed by atoms with E-state index in [9.17, 15) is 18.0 Å². The van der Waals surface area contributed by atoms with Crippen molar-refractivity contribution in [2.24, 2.45) is 5.92 Å². The lowest BCUT2D eigenvalue weighted by molar-refractivity contribution is -0.150. The van der Waals surface area contributed by atoms with Crippen LogP contribution < -0.4 is 10.0 Å². The van der Waals surface area contributed by atoms with Crippen molar-refractivity contribution in [3.8, 4) is 0 Å². The molecule has 2 N–H and O–H groups in total. The van der Waals surface area contributed by atoms with Gasteiger partial charge in [0.15, 0.2) is 6.61 Å². The van der Waals surface area contributed by atoms with Gasteiger partial charge >= 0.3 is 5.97 Å². The van der Waals surface area contributed by atoms with Crippen molar-refractivity contribution < 1.29 is 22.7 Å². The summed E-state index contributed by atoms with van der Waals surface area (Å²) in [5.41, 5.74) is 0.936. The van der Waals surface area contributed by atoms with E-state index in [0.29, 0.717) is 0 Å². The molecule has 0 aliphatic heterocycles. The molecule has 1 saturated carbocycles. The molecule has 0 unspecified atom stereocenters. The van der Waals surface area contributed by atoms with E-state index < -0.39 is 28.6 Å². The highest BCUT2D eigenvalue weighted by Crippen LogP contribution is 2.17. The molecule has 28 heavy (non-hydrogen) atoms. The first-order valence-corrected chi connectivity index (χ1v) is 11.2. The van der Waals surface area contributed by atoms with Crippen molar-refractivity contribution in [1.29, 1.82) is 0 Å². The van der Waals surface area contributed by atoms with E-state index in [2.05, 4.69) is 10.0 Å². The number of carbonyl (C=O) groups excluding carboxylic acids is 2. The molecule has 0 spiro atoms. The Bertz CT molecular complexity index is 768. The van der Waals surface area contributed by atoms with Gasteiger partial charge in [-0.25, -0.2) is 8.42 Å². The van der Waals surface area contributed by atoms with Gasteiger partial charge in [-0.1, -0.05) is 44.4 Å². The van der Waals surface area contributed by atoms with Crippen LogP contribution in [0.1, 0.15) is 51.5 Å². The number of esters is 1. The molecule has 1 aliphatic carbocycles. The van der Waals surface area contributed by atoms with Crippen molar-refractivity contribution >= 4 is 21.9 Å². The number of hydrogen-bond acceptors (Lipinski definition) is 5.